The van der Waals surface area contributed by atoms with E-state index in [1.54, 1.807) is 0 Å². The fraction of sp³-hybridized carbons (Fsp3) is 0.818. The van der Waals surface area contributed by atoms with Gasteiger partial charge in [-0.2, -0.15) is 0 Å². The van der Waals surface area contributed by atoms with Gasteiger partial charge in [-0.25, -0.2) is 4.79 Å². The maximum Gasteiger partial charge on any atom is 0.321 e. The second-order valence-electron chi connectivity index (χ2n) is 4.79. The van der Waals surface area contributed by atoms with Crippen LogP contribution in [0.3, 0.4) is 0 Å². The number of amides is 3. The number of hydrogen-bond acceptors (Lipinski definition) is 3. The molecule has 0 radical (unpaired) electrons. The van der Waals surface area contributed by atoms with Gasteiger partial charge in [0.25, 0.3) is 0 Å². The van der Waals surface area contributed by atoms with Gasteiger partial charge in [-0.1, -0.05) is 0 Å². The predicted octanol–water partition coefficient (Wildman–Crippen LogP) is 0.676. The average Bonchev–Trinajstić information content (AvgIpc) is 3.00. The lowest BCUT2D eigenvalue weighted by atomic mass is 10.3. The monoisotopic (exact) mass is 259 g/mol. The Morgan fingerprint density at radius 2 is 2.06 bits per heavy atom. The molecule has 2 fully saturated rings. The summed E-state index contributed by atoms with van der Waals surface area (Å²) in [5, 5.41) is 4.34. The largest absolute Gasteiger partial charge is 0.334 e. The lowest BCUT2D eigenvalue weighted by Gasteiger charge is -2.16. The maximum absolute atomic E-state index is 11.5. The van der Waals surface area contributed by atoms with Crippen molar-refractivity contribution < 1.29 is 9.59 Å². The number of carbonyl (C=O) groups excluding carboxylic acids is 2. The highest BCUT2D eigenvalue weighted by Gasteiger charge is 2.34. The van der Waals surface area contributed by atoms with E-state index in [-0.39, 0.29) is 6.04 Å². The highest BCUT2D eigenvalue weighted by Crippen LogP contribution is 2.29. The SMILES string of the molecule is CC(Cl)C(=O)NC(=O)NC1CCN(C2CC2)C1. The lowest BCUT2D eigenvalue weighted by molar-refractivity contribution is -0.119. The second kappa shape index (κ2) is 5.23. The zero-order valence-electron chi connectivity index (χ0n) is 9.91. The first-order chi connectivity index (χ1) is 8.06. The van der Waals surface area contributed by atoms with Crippen molar-refractivity contribution in [2.75, 3.05) is 13.1 Å². The molecule has 0 bridgehead atoms. The lowest BCUT2D eigenvalue weighted by Crippen LogP contribution is -2.47. The Kier molecular flexibility index (Phi) is 3.89. The third-order valence-corrected chi connectivity index (χ3v) is 3.41. The van der Waals surface area contributed by atoms with E-state index in [4.69, 9.17) is 11.6 Å². The number of carbonyl (C=O) groups is 2. The summed E-state index contributed by atoms with van der Waals surface area (Å²) in [6.07, 6.45) is 3.51. The zero-order chi connectivity index (χ0) is 12.4. The fourth-order valence-corrected chi connectivity index (χ4v) is 2.16. The molecule has 96 valence electrons. The van der Waals surface area contributed by atoms with Crippen LogP contribution in [0.5, 0.6) is 0 Å². The number of alkyl halides is 1. The third-order valence-electron chi connectivity index (χ3n) is 3.22. The van der Waals surface area contributed by atoms with Crippen LogP contribution in [0.2, 0.25) is 0 Å². The van der Waals surface area contributed by atoms with Crippen LogP contribution >= 0.6 is 11.6 Å². The Labute approximate surface area is 106 Å². The summed E-state index contributed by atoms with van der Waals surface area (Å²) in [6.45, 7) is 3.47. The van der Waals surface area contributed by atoms with Crippen molar-refractivity contribution in [3.05, 3.63) is 0 Å². The van der Waals surface area contributed by atoms with Crippen molar-refractivity contribution in [2.45, 2.75) is 43.6 Å². The minimum Gasteiger partial charge on any atom is -0.334 e. The van der Waals surface area contributed by atoms with E-state index in [1.807, 2.05) is 0 Å². The van der Waals surface area contributed by atoms with E-state index in [2.05, 4.69) is 15.5 Å². The normalized spacial score (nSPS) is 26.6. The first-order valence-electron chi connectivity index (χ1n) is 6.05. The molecule has 2 rings (SSSR count). The molecule has 6 heteroatoms. The van der Waals surface area contributed by atoms with Crippen LogP contribution in [0.1, 0.15) is 26.2 Å². The molecule has 0 aromatic carbocycles. The van der Waals surface area contributed by atoms with Gasteiger partial charge in [-0.3, -0.25) is 15.0 Å². The fourth-order valence-electron chi connectivity index (χ4n) is 2.11. The molecule has 17 heavy (non-hydrogen) atoms. The Morgan fingerprint density at radius 1 is 1.35 bits per heavy atom. The molecule has 5 nitrogen and oxygen atoms in total. The third kappa shape index (κ3) is 3.57. The topological polar surface area (TPSA) is 61.4 Å². The molecule has 0 aromatic heterocycles. The molecule has 0 spiro atoms. The van der Waals surface area contributed by atoms with Gasteiger partial charge < -0.3 is 5.32 Å². The maximum atomic E-state index is 11.5. The van der Waals surface area contributed by atoms with E-state index in [1.165, 1.54) is 19.8 Å². The summed E-state index contributed by atoms with van der Waals surface area (Å²) in [7, 11) is 0. The average molecular weight is 260 g/mol. The number of rotatable bonds is 3. The van der Waals surface area contributed by atoms with E-state index in [0.29, 0.717) is 0 Å². The molecule has 1 aliphatic heterocycles. The van der Waals surface area contributed by atoms with Gasteiger partial charge >= 0.3 is 6.03 Å². The number of hydrogen-bond donors (Lipinski definition) is 2. The van der Waals surface area contributed by atoms with Crippen LogP contribution in [0.25, 0.3) is 0 Å². The highest BCUT2D eigenvalue weighted by molar-refractivity contribution is 6.31. The number of likely N-dealkylation sites (tertiary alicyclic amines) is 1. The zero-order valence-corrected chi connectivity index (χ0v) is 10.7. The van der Waals surface area contributed by atoms with Gasteiger partial charge in [0.1, 0.15) is 5.38 Å². The van der Waals surface area contributed by atoms with Gasteiger partial charge in [0.05, 0.1) is 0 Å². The number of nitrogens with zero attached hydrogens (tertiary/aromatic N) is 1. The van der Waals surface area contributed by atoms with E-state index in [9.17, 15) is 9.59 Å². The van der Waals surface area contributed by atoms with Crippen LogP contribution < -0.4 is 10.6 Å². The first kappa shape index (κ1) is 12.6. The van der Waals surface area contributed by atoms with Crippen molar-refractivity contribution in [3.63, 3.8) is 0 Å². The Bertz CT molecular complexity index is 318. The van der Waals surface area contributed by atoms with Gasteiger partial charge in [0.2, 0.25) is 5.91 Å². The smallest absolute Gasteiger partial charge is 0.321 e. The molecule has 2 aliphatic rings. The summed E-state index contributed by atoms with van der Waals surface area (Å²) in [4.78, 5) is 25.1. The van der Waals surface area contributed by atoms with Crippen LogP contribution in [0, 0.1) is 0 Å². The number of nitrogens with one attached hydrogen (secondary N) is 2. The van der Waals surface area contributed by atoms with Crippen LogP contribution in [-0.4, -0.2) is 47.4 Å². The number of imide groups is 1. The Morgan fingerprint density at radius 3 is 2.65 bits per heavy atom. The molecular formula is C11H18ClN3O2. The minimum atomic E-state index is -0.688. The molecule has 2 atom stereocenters. The van der Waals surface area contributed by atoms with Crippen LogP contribution in [0.4, 0.5) is 4.79 Å². The van der Waals surface area contributed by atoms with E-state index >= 15 is 0 Å². The molecule has 1 saturated heterocycles. The molecule has 1 aliphatic carbocycles. The molecule has 1 saturated carbocycles. The predicted molar refractivity (Wildman–Crippen MR) is 65.0 cm³/mol. The standard InChI is InChI=1S/C11H18ClN3O2/c1-7(12)10(16)14-11(17)13-8-4-5-15(6-8)9-2-3-9/h7-9H,2-6H2,1H3,(H2,13,14,16,17). The van der Waals surface area contributed by atoms with Crippen molar-refractivity contribution in [3.8, 4) is 0 Å². The first-order valence-corrected chi connectivity index (χ1v) is 6.49. The molecule has 0 aromatic rings. The minimum absolute atomic E-state index is 0.147. The summed E-state index contributed by atoms with van der Waals surface area (Å²) < 4.78 is 0. The summed E-state index contributed by atoms with van der Waals surface area (Å²) in [5.74, 6) is -0.457. The molecule has 2 N–H and O–H groups in total. The Balaban J connectivity index is 1.70. The summed E-state index contributed by atoms with van der Waals surface area (Å²) in [5.41, 5.74) is 0. The van der Waals surface area contributed by atoms with E-state index < -0.39 is 17.3 Å². The van der Waals surface area contributed by atoms with Crippen molar-refractivity contribution in [2.24, 2.45) is 0 Å². The number of urea groups is 1. The Hall–Kier alpha value is -0.810. The van der Waals surface area contributed by atoms with Gasteiger partial charge in [0.15, 0.2) is 0 Å². The van der Waals surface area contributed by atoms with Crippen LogP contribution in [0.15, 0.2) is 0 Å². The summed E-state index contributed by atoms with van der Waals surface area (Å²) in [6, 6.07) is 0.438. The molecule has 1 heterocycles. The van der Waals surface area contributed by atoms with Gasteiger partial charge in [-0.05, 0) is 26.2 Å². The van der Waals surface area contributed by atoms with Gasteiger partial charge in [-0.15, -0.1) is 11.6 Å². The van der Waals surface area contributed by atoms with Crippen LogP contribution in [-0.2, 0) is 4.79 Å². The highest BCUT2D eigenvalue weighted by atomic mass is 35.5. The van der Waals surface area contributed by atoms with Crippen molar-refractivity contribution >= 4 is 23.5 Å². The quantitative estimate of drug-likeness (QED) is 0.733. The molecular weight excluding hydrogens is 242 g/mol. The van der Waals surface area contributed by atoms with Crippen molar-refractivity contribution in [1.82, 2.24) is 15.5 Å². The van der Waals surface area contributed by atoms with Crippen molar-refractivity contribution in [1.29, 1.82) is 0 Å². The van der Waals surface area contributed by atoms with E-state index in [0.717, 1.165) is 25.6 Å². The molecule has 2 unspecified atom stereocenters. The second-order valence-corrected chi connectivity index (χ2v) is 5.45. The van der Waals surface area contributed by atoms with Gasteiger partial charge in [0, 0.05) is 25.2 Å². The number of halogens is 1. The summed E-state index contributed by atoms with van der Waals surface area (Å²) >= 11 is 5.56. The molecule has 3 amide bonds.